The molecular weight excluding hydrogens is 283 g/mol. The van der Waals surface area contributed by atoms with Gasteiger partial charge in [0.25, 0.3) is 0 Å². The van der Waals surface area contributed by atoms with Crippen molar-refractivity contribution in [3.05, 3.63) is 102 Å². The normalized spacial score (nSPS) is 11.5. The summed E-state index contributed by atoms with van der Waals surface area (Å²) < 4.78 is 0. The van der Waals surface area contributed by atoms with E-state index in [4.69, 9.17) is 0 Å². The minimum absolute atomic E-state index is 0.777. The van der Waals surface area contributed by atoms with Crippen molar-refractivity contribution in [1.29, 1.82) is 0 Å². The van der Waals surface area contributed by atoms with Crippen molar-refractivity contribution in [3.63, 3.8) is 0 Å². The fourth-order valence-corrected chi connectivity index (χ4v) is 3.46. The van der Waals surface area contributed by atoms with E-state index >= 15 is 0 Å². The number of benzene rings is 3. The third-order valence-corrected chi connectivity index (χ3v) is 4.77. The van der Waals surface area contributed by atoms with Gasteiger partial charge in [-0.2, -0.15) is 0 Å². The molecule has 0 unspecified atom stereocenters. The average Bonchev–Trinajstić information content (AvgIpc) is 3.06. The van der Waals surface area contributed by atoms with E-state index in [9.17, 15) is 0 Å². The first kappa shape index (κ1) is 14.8. The van der Waals surface area contributed by atoms with Gasteiger partial charge in [0, 0.05) is 0 Å². The van der Waals surface area contributed by atoms with Crippen molar-refractivity contribution in [2.75, 3.05) is 0 Å². The van der Waals surface area contributed by atoms with Crippen LogP contribution in [0.25, 0.3) is 6.08 Å². The predicted molar refractivity (Wildman–Crippen MR) is 99.6 cm³/mol. The standard InChI is InChI=1S/C12H11P.C9H8/c1-3-7-11(8-4-1)13-12-9-5-2-6-10-12;1-2-5-9-7-3-6-8(9)4-1/h1-10,13H;1-6H,7H2. The summed E-state index contributed by atoms with van der Waals surface area (Å²) >= 11 is 0. The summed E-state index contributed by atoms with van der Waals surface area (Å²) in [6.45, 7) is 0. The Balaban J connectivity index is 0.000000139. The van der Waals surface area contributed by atoms with Gasteiger partial charge in [0.2, 0.25) is 0 Å². The molecule has 1 aliphatic rings. The van der Waals surface area contributed by atoms with Crippen LogP contribution in [0.2, 0.25) is 0 Å². The van der Waals surface area contributed by atoms with Gasteiger partial charge in [-0.1, -0.05) is 106 Å². The van der Waals surface area contributed by atoms with Crippen LogP contribution in [0, 0.1) is 0 Å². The molecule has 4 rings (SSSR count). The van der Waals surface area contributed by atoms with Crippen LogP contribution < -0.4 is 10.6 Å². The second-order valence-electron chi connectivity index (χ2n) is 5.16. The molecule has 0 saturated carbocycles. The summed E-state index contributed by atoms with van der Waals surface area (Å²) in [5, 5.41) is 2.79. The third-order valence-electron chi connectivity index (χ3n) is 3.53. The number of allylic oxidation sites excluding steroid dienone is 1. The van der Waals surface area contributed by atoms with Crippen LogP contribution >= 0.6 is 8.58 Å². The zero-order valence-corrected chi connectivity index (χ0v) is 13.4. The molecule has 3 aromatic rings. The van der Waals surface area contributed by atoms with Crippen molar-refractivity contribution >= 4 is 25.3 Å². The lowest BCUT2D eigenvalue weighted by molar-refractivity contribution is 1.31. The summed E-state index contributed by atoms with van der Waals surface area (Å²) in [5.41, 5.74) is 2.84. The van der Waals surface area contributed by atoms with Crippen molar-refractivity contribution in [3.8, 4) is 0 Å². The van der Waals surface area contributed by atoms with E-state index in [0.29, 0.717) is 0 Å². The average molecular weight is 302 g/mol. The molecular formula is C21H19P. The van der Waals surface area contributed by atoms with E-state index in [2.05, 4.69) is 97.1 Å². The first-order chi connectivity index (χ1) is 10.9. The van der Waals surface area contributed by atoms with Crippen molar-refractivity contribution in [2.45, 2.75) is 6.42 Å². The fraction of sp³-hybridized carbons (Fsp3) is 0.0476. The molecule has 0 amide bonds. The van der Waals surface area contributed by atoms with Gasteiger partial charge in [-0.15, -0.1) is 0 Å². The van der Waals surface area contributed by atoms with Gasteiger partial charge in [0.15, 0.2) is 0 Å². The minimum atomic E-state index is 0.777. The minimum Gasteiger partial charge on any atom is -0.0795 e. The van der Waals surface area contributed by atoms with Crippen LogP contribution in [-0.2, 0) is 6.42 Å². The highest BCUT2D eigenvalue weighted by atomic mass is 31.1. The molecule has 1 aliphatic carbocycles. The summed E-state index contributed by atoms with van der Waals surface area (Å²) in [6, 6.07) is 29.6. The van der Waals surface area contributed by atoms with Crippen molar-refractivity contribution in [2.24, 2.45) is 0 Å². The van der Waals surface area contributed by atoms with E-state index < -0.39 is 0 Å². The van der Waals surface area contributed by atoms with Gasteiger partial charge in [-0.3, -0.25) is 0 Å². The maximum atomic E-state index is 2.20. The molecule has 1 heteroatoms. The number of hydrogen-bond donors (Lipinski definition) is 0. The molecule has 0 radical (unpaired) electrons. The molecule has 0 N–H and O–H groups in total. The van der Waals surface area contributed by atoms with Gasteiger partial charge in [0.05, 0.1) is 0 Å². The van der Waals surface area contributed by atoms with Gasteiger partial charge in [-0.25, -0.2) is 0 Å². The molecule has 0 aromatic heterocycles. The number of hydrogen-bond acceptors (Lipinski definition) is 0. The largest absolute Gasteiger partial charge is 0.0795 e. The van der Waals surface area contributed by atoms with E-state index in [1.54, 1.807) is 0 Å². The van der Waals surface area contributed by atoms with E-state index in [-0.39, 0.29) is 0 Å². The first-order valence-electron chi connectivity index (χ1n) is 7.53. The van der Waals surface area contributed by atoms with Crippen molar-refractivity contribution in [1.82, 2.24) is 0 Å². The zero-order chi connectivity index (χ0) is 15.0. The lowest BCUT2D eigenvalue weighted by Crippen LogP contribution is -2.01. The summed E-state index contributed by atoms with van der Waals surface area (Å²) in [5.74, 6) is 0. The van der Waals surface area contributed by atoms with Crippen molar-refractivity contribution < 1.29 is 0 Å². The molecule has 22 heavy (non-hydrogen) atoms. The van der Waals surface area contributed by atoms with Crippen LogP contribution in [0.15, 0.2) is 91.0 Å². The van der Waals surface area contributed by atoms with Gasteiger partial charge in [-0.05, 0) is 28.2 Å². The molecule has 0 saturated heterocycles. The highest BCUT2D eigenvalue weighted by molar-refractivity contribution is 7.55. The second kappa shape index (κ2) is 7.73. The summed E-state index contributed by atoms with van der Waals surface area (Å²) in [7, 11) is 0.777. The maximum absolute atomic E-state index is 2.20. The molecule has 0 fully saturated rings. The quantitative estimate of drug-likeness (QED) is 0.608. The molecule has 0 heterocycles. The molecule has 108 valence electrons. The van der Waals surface area contributed by atoms with Crippen LogP contribution in [-0.4, -0.2) is 0 Å². The molecule has 0 nitrogen and oxygen atoms in total. The van der Waals surface area contributed by atoms with Crippen LogP contribution in [0.4, 0.5) is 0 Å². The van der Waals surface area contributed by atoms with E-state index in [1.807, 2.05) is 0 Å². The SMILES string of the molecule is C1=Cc2ccccc2C1.c1ccc(Pc2ccccc2)cc1. The zero-order valence-electron chi connectivity index (χ0n) is 12.4. The van der Waals surface area contributed by atoms with Crippen LogP contribution in [0.5, 0.6) is 0 Å². The lowest BCUT2D eigenvalue weighted by atomic mass is 10.1. The Bertz CT molecular complexity index is 693. The molecule has 0 aliphatic heterocycles. The van der Waals surface area contributed by atoms with E-state index in [0.717, 1.165) is 15.0 Å². The second-order valence-corrected chi connectivity index (χ2v) is 6.57. The maximum Gasteiger partial charge on any atom is -0.00882 e. The Hall–Kier alpha value is -2.17. The van der Waals surface area contributed by atoms with Gasteiger partial charge < -0.3 is 0 Å². The highest BCUT2D eigenvalue weighted by Crippen LogP contribution is 2.17. The van der Waals surface area contributed by atoms with Gasteiger partial charge >= 0.3 is 0 Å². The Kier molecular flexibility index (Phi) is 5.18. The number of fused-ring (bicyclic) bond motifs is 1. The van der Waals surface area contributed by atoms with Crippen LogP contribution in [0.3, 0.4) is 0 Å². The predicted octanol–water partition coefficient (Wildman–Crippen LogP) is 4.57. The lowest BCUT2D eigenvalue weighted by Gasteiger charge is -2.00. The fourth-order valence-electron chi connectivity index (χ4n) is 2.41. The Morgan fingerprint density at radius 3 is 1.73 bits per heavy atom. The Morgan fingerprint density at radius 1 is 0.591 bits per heavy atom. The topological polar surface area (TPSA) is 0 Å². The van der Waals surface area contributed by atoms with Gasteiger partial charge in [0.1, 0.15) is 0 Å². The summed E-state index contributed by atoms with van der Waals surface area (Å²) in [4.78, 5) is 0. The number of rotatable bonds is 2. The molecule has 0 atom stereocenters. The molecule has 0 bridgehead atoms. The monoisotopic (exact) mass is 302 g/mol. The smallest absolute Gasteiger partial charge is 0.00882 e. The van der Waals surface area contributed by atoms with Crippen LogP contribution in [0.1, 0.15) is 11.1 Å². The molecule has 3 aromatic carbocycles. The summed E-state index contributed by atoms with van der Waals surface area (Å²) in [6.07, 6.45) is 5.50. The highest BCUT2D eigenvalue weighted by Gasteiger charge is 2.00. The molecule has 0 spiro atoms. The Labute approximate surface area is 134 Å². The third kappa shape index (κ3) is 4.16. The first-order valence-corrected chi connectivity index (χ1v) is 8.53. The Morgan fingerprint density at radius 2 is 1.14 bits per heavy atom. The van der Waals surface area contributed by atoms with E-state index in [1.165, 1.54) is 21.7 Å².